The largest absolute Gasteiger partial charge is 0.503 e. The van der Waals surface area contributed by atoms with Gasteiger partial charge in [-0.3, -0.25) is 4.79 Å². The predicted octanol–water partition coefficient (Wildman–Crippen LogP) is 6.97. The first-order valence-electron chi connectivity index (χ1n) is 10.5. The molecule has 0 unspecified atom stereocenters. The number of phenols is 1. The Bertz CT molecular complexity index is 1690. The topological polar surface area (TPSA) is 89.9 Å². The van der Waals surface area contributed by atoms with E-state index in [4.69, 9.17) is 20.8 Å². The molecule has 0 aliphatic carbocycles. The summed E-state index contributed by atoms with van der Waals surface area (Å²) in [5, 5.41) is 16.6. The van der Waals surface area contributed by atoms with E-state index >= 15 is 0 Å². The van der Waals surface area contributed by atoms with Crippen LogP contribution in [0, 0.1) is 0 Å². The Morgan fingerprint density at radius 3 is 2.77 bits per heavy atom. The number of hydrogen-bond donors (Lipinski definition) is 1. The van der Waals surface area contributed by atoms with Crippen LogP contribution in [-0.2, 0) is 0 Å². The summed E-state index contributed by atoms with van der Waals surface area (Å²) in [6, 6.07) is 15.7. The molecule has 0 saturated heterocycles. The number of phenolic OH excluding ortho intramolecular Hbond substituents is 1. The van der Waals surface area contributed by atoms with Gasteiger partial charge in [-0.2, -0.15) is 9.78 Å². The summed E-state index contributed by atoms with van der Waals surface area (Å²) in [4.78, 5) is 18.1. The first-order chi connectivity index (χ1) is 16.9. The standard InChI is InChI=1S/C25H16Br2ClN3O4/c1-2-34-19-11-14(21(26)22(27)23(19)32)12-29-31-24(30-17-6-4-3-5-16(17)25(31)33)20-10-13-9-15(28)7-8-18(13)35-20/h3-12,32H,2H2,1H3. The molecule has 2 heterocycles. The maximum absolute atomic E-state index is 13.4. The highest BCUT2D eigenvalue weighted by atomic mass is 79.9. The lowest BCUT2D eigenvalue weighted by Crippen LogP contribution is -2.20. The average molecular weight is 618 g/mol. The van der Waals surface area contributed by atoms with Crippen molar-refractivity contribution in [3.63, 3.8) is 0 Å². The Morgan fingerprint density at radius 2 is 1.97 bits per heavy atom. The van der Waals surface area contributed by atoms with E-state index in [1.54, 1.807) is 48.5 Å². The van der Waals surface area contributed by atoms with Gasteiger partial charge in [-0.05, 0) is 81.2 Å². The Hall–Kier alpha value is -3.14. The molecule has 10 heteroatoms. The van der Waals surface area contributed by atoms with Gasteiger partial charge in [0.1, 0.15) is 5.58 Å². The van der Waals surface area contributed by atoms with Crippen molar-refractivity contribution in [2.75, 3.05) is 6.61 Å². The normalized spacial score (nSPS) is 11.7. The Kier molecular flexibility index (Phi) is 6.39. The van der Waals surface area contributed by atoms with Crippen molar-refractivity contribution in [2.45, 2.75) is 6.92 Å². The highest BCUT2D eigenvalue weighted by Crippen LogP contribution is 2.41. The summed E-state index contributed by atoms with van der Waals surface area (Å²) >= 11 is 12.9. The molecule has 0 amide bonds. The fraction of sp³-hybridized carbons (Fsp3) is 0.0800. The van der Waals surface area contributed by atoms with Crippen LogP contribution >= 0.6 is 43.5 Å². The number of fused-ring (bicyclic) bond motifs is 2. The molecule has 0 fully saturated rings. The molecule has 0 aliphatic heterocycles. The summed E-state index contributed by atoms with van der Waals surface area (Å²) in [6.45, 7) is 2.18. The zero-order valence-electron chi connectivity index (χ0n) is 18.1. The van der Waals surface area contributed by atoms with E-state index in [0.29, 0.717) is 48.4 Å². The molecule has 0 bridgehead atoms. The van der Waals surface area contributed by atoms with E-state index in [0.717, 1.165) is 5.39 Å². The molecular formula is C25H16Br2ClN3O4. The van der Waals surface area contributed by atoms with Crippen molar-refractivity contribution < 1.29 is 14.3 Å². The summed E-state index contributed by atoms with van der Waals surface area (Å²) in [5.41, 5.74) is 1.33. The SMILES string of the molecule is CCOc1cc(C=Nn2c(-c3cc4cc(Cl)ccc4o3)nc3ccccc3c2=O)c(Br)c(Br)c1O. The third-order valence-electron chi connectivity index (χ3n) is 5.24. The smallest absolute Gasteiger partial charge is 0.282 e. The van der Waals surface area contributed by atoms with Gasteiger partial charge in [-0.25, -0.2) is 4.98 Å². The molecule has 5 aromatic rings. The van der Waals surface area contributed by atoms with Gasteiger partial charge in [0, 0.05) is 20.4 Å². The molecule has 0 aliphatic rings. The first kappa shape index (κ1) is 23.6. The van der Waals surface area contributed by atoms with Gasteiger partial charge in [-0.15, -0.1) is 0 Å². The summed E-state index contributed by atoms with van der Waals surface area (Å²) < 4.78 is 13.6. The number of rotatable bonds is 5. The maximum Gasteiger partial charge on any atom is 0.282 e. The first-order valence-corrected chi connectivity index (χ1v) is 12.4. The quantitative estimate of drug-likeness (QED) is 0.215. The van der Waals surface area contributed by atoms with E-state index in [9.17, 15) is 9.90 Å². The molecule has 176 valence electrons. The molecule has 5 rings (SSSR count). The second kappa shape index (κ2) is 9.49. The maximum atomic E-state index is 13.4. The lowest BCUT2D eigenvalue weighted by Gasteiger charge is -2.11. The van der Waals surface area contributed by atoms with E-state index in [-0.39, 0.29) is 22.9 Å². The van der Waals surface area contributed by atoms with Crippen LogP contribution in [-0.4, -0.2) is 27.6 Å². The zero-order valence-corrected chi connectivity index (χ0v) is 22.1. The number of aromatic hydroxyl groups is 1. The fourth-order valence-corrected chi connectivity index (χ4v) is 4.62. The second-order valence-corrected chi connectivity index (χ2v) is 9.50. The van der Waals surface area contributed by atoms with Gasteiger partial charge >= 0.3 is 0 Å². The second-order valence-electron chi connectivity index (χ2n) is 7.48. The number of aromatic nitrogens is 2. The number of hydrogen-bond acceptors (Lipinski definition) is 6. The van der Waals surface area contributed by atoms with Crippen molar-refractivity contribution in [3.05, 3.63) is 84.5 Å². The van der Waals surface area contributed by atoms with Gasteiger partial charge in [0.15, 0.2) is 17.3 Å². The van der Waals surface area contributed by atoms with Crippen LogP contribution < -0.4 is 10.3 Å². The molecule has 1 N–H and O–H groups in total. The van der Waals surface area contributed by atoms with E-state index in [2.05, 4.69) is 41.9 Å². The van der Waals surface area contributed by atoms with Gasteiger partial charge in [-0.1, -0.05) is 23.7 Å². The molecule has 7 nitrogen and oxygen atoms in total. The molecule has 0 atom stereocenters. The Balaban J connectivity index is 1.72. The number of furan rings is 1. The minimum atomic E-state index is -0.362. The third-order valence-corrected chi connectivity index (χ3v) is 7.63. The summed E-state index contributed by atoms with van der Waals surface area (Å²) in [7, 11) is 0. The number of nitrogens with zero attached hydrogens (tertiary/aromatic N) is 3. The van der Waals surface area contributed by atoms with Crippen LogP contribution in [0.1, 0.15) is 12.5 Å². The minimum absolute atomic E-state index is 0.0398. The van der Waals surface area contributed by atoms with Crippen molar-refractivity contribution in [1.82, 2.24) is 9.66 Å². The van der Waals surface area contributed by atoms with Crippen LogP contribution in [0.4, 0.5) is 0 Å². The summed E-state index contributed by atoms with van der Waals surface area (Å²) in [5.74, 6) is 0.837. The number of benzene rings is 3. The monoisotopic (exact) mass is 615 g/mol. The summed E-state index contributed by atoms with van der Waals surface area (Å²) in [6.07, 6.45) is 1.48. The van der Waals surface area contributed by atoms with Crippen molar-refractivity contribution in [2.24, 2.45) is 5.10 Å². The van der Waals surface area contributed by atoms with Crippen LogP contribution in [0.25, 0.3) is 33.5 Å². The van der Waals surface area contributed by atoms with Gasteiger partial charge in [0.05, 0.1) is 28.2 Å². The van der Waals surface area contributed by atoms with Crippen LogP contribution in [0.3, 0.4) is 0 Å². The third kappa shape index (κ3) is 4.35. The van der Waals surface area contributed by atoms with E-state index < -0.39 is 0 Å². The highest BCUT2D eigenvalue weighted by molar-refractivity contribution is 9.13. The van der Waals surface area contributed by atoms with Crippen molar-refractivity contribution in [3.8, 4) is 23.1 Å². The van der Waals surface area contributed by atoms with Gasteiger partial charge in [0.25, 0.3) is 5.56 Å². The van der Waals surface area contributed by atoms with E-state index in [1.165, 1.54) is 10.9 Å². The molecule has 2 aromatic heterocycles. The molecule has 0 saturated carbocycles. The Morgan fingerprint density at radius 1 is 1.17 bits per heavy atom. The zero-order chi connectivity index (χ0) is 24.7. The average Bonchev–Trinajstić information content (AvgIpc) is 3.27. The van der Waals surface area contributed by atoms with Crippen LogP contribution in [0.5, 0.6) is 11.5 Å². The van der Waals surface area contributed by atoms with Crippen LogP contribution in [0.15, 0.2) is 77.9 Å². The lowest BCUT2D eigenvalue weighted by molar-refractivity contribution is 0.317. The predicted molar refractivity (Wildman–Crippen MR) is 144 cm³/mol. The number of halogens is 3. The van der Waals surface area contributed by atoms with Crippen molar-refractivity contribution in [1.29, 1.82) is 0 Å². The van der Waals surface area contributed by atoms with E-state index in [1.807, 2.05) is 13.0 Å². The number of para-hydroxylation sites is 1. The molecule has 35 heavy (non-hydrogen) atoms. The molecular weight excluding hydrogens is 602 g/mol. The Labute approximate surface area is 220 Å². The van der Waals surface area contributed by atoms with Crippen LogP contribution in [0.2, 0.25) is 5.02 Å². The highest BCUT2D eigenvalue weighted by Gasteiger charge is 2.18. The minimum Gasteiger partial charge on any atom is -0.503 e. The molecule has 0 spiro atoms. The van der Waals surface area contributed by atoms with Gasteiger partial charge < -0.3 is 14.3 Å². The number of ether oxygens (including phenoxy) is 1. The lowest BCUT2D eigenvalue weighted by atomic mass is 10.2. The van der Waals surface area contributed by atoms with Gasteiger partial charge in [0.2, 0.25) is 5.82 Å². The van der Waals surface area contributed by atoms with Crippen molar-refractivity contribution >= 4 is 71.5 Å². The molecule has 0 radical (unpaired) electrons. The molecule has 3 aromatic carbocycles. The fourth-order valence-electron chi connectivity index (χ4n) is 3.61.